The number of nitriles is 1. The first-order valence-electron chi connectivity index (χ1n) is 5.88. The maximum atomic E-state index is 9.18. The van der Waals surface area contributed by atoms with Crippen molar-refractivity contribution in [2.45, 2.75) is 39.2 Å². The largest absolute Gasteiger partial charge is 0.364 e. The number of hydrogen-bond donors (Lipinski definition) is 1. The molecular weight excluding hydrogens is 212 g/mol. The molecule has 1 aliphatic carbocycles. The van der Waals surface area contributed by atoms with Crippen LogP contribution in [-0.2, 0) is 0 Å². The van der Waals surface area contributed by atoms with Gasteiger partial charge in [-0.2, -0.15) is 10.4 Å². The lowest BCUT2D eigenvalue weighted by atomic mass is 10.0. The number of aromatic nitrogens is 2. The van der Waals surface area contributed by atoms with Crippen molar-refractivity contribution < 1.29 is 0 Å². The van der Waals surface area contributed by atoms with Crippen molar-refractivity contribution in [2.24, 2.45) is 0 Å². The monoisotopic (exact) mass is 228 g/mol. The number of nitrogens with zero attached hydrogens (tertiary/aromatic N) is 3. The van der Waals surface area contributed by atoms with Crippen LogP contribution >= 0.6 is 0 Å². The van der Waals surface area contributed by atoms with Gasteiger partial charge < -0.3 is 5.32 Å². The molecule has 0 bridgehead atoms. The molecule has 0 spiro atoms. The summed E-state index contributed by atoms with van der Waals surface area (Å²) < 4.78 is 0. The second kappa shape index (κ2) is 4.96. The lowest BCUT2D eigenvalue weighted by Gasteiger charge is -2.20. The van der Waals surface area contributed by atoms with Crippen LogP contribution in [0, 0.1) is 25.2 Å². The number of allylic oxidation sites excluding steroid dienone is 1. The molecule has 1 N–H and O–H groups in total. The molecule has 0 amide bonds. The summed E-state index contributed by atoms with van der Waals surface area (Å²) >= 11 is 0. The molecule has 17 heavy (non-hydrogen) atoms. The second-order valence-electron chi connectivity index (χ2n) is 4.37. The van der Waals surface area contributed by atoms with Gasteiger partial charge >= 0.3 is 0 Å². The fourth-order valence-corrected chi connectivity index (χ4v) is 1.96. The maximum absolute atomic E-state index is 9.18. The van der Waals surface area contributed by atoms with E-state index in [1.165, 1.54) is 0 Å². The van der Waals surface area contributed by atoms with Gasteiger partial charge in [-0.05, 0) is 38.7 Å². The highest BCUT2D eigenvalue weighted by atomic mass is 15.2. The van der Waals surface area contributed by atoms with Crippen LogP contribution < -0.4 is 5.32 Å². The van der Waals surface area contributed by atoms with Crippen LogP contribution in [0.25, 0.3) is 0 Å². The highest BCUT2D eigenvalue weighted by Gasteiger charge is 2.15. The fraction of sp³-hybridized carbons (Fsp3) is 0.462. The molecule has 4 heteroatoms. The van der Waals surface area contributed by atoms with Crippen molar-refractivity contribution in [1.29, 1.82) is 5.26 Å². The van der Waals surface area contributed by atoms with E-state index in [9.17, 15) is 5.26 Å². The first kappa shape index (κ1) is 11.6. The van der Waals surface area contributed by atoms with E-state index in [0.717, 1.165) is 30.5 Å². The Bertz CT molecular complexity index is 485. The van der Waals surface area contributed by atoms with Crippen LogP contribution in [0.15, 0.2) is 12.2 Å². The molecule has 0 aromatic carbocycles. The molecule has 0 aliphatic heterocycles. The SMILES string of the molecule is Cc1nnc(NC2CC=CCC2)c(C#N)c1C. The smallest absolute Gasteiger partial charge is 0.167 e. The first-order chi connectivity index (χ1) is 8.22. The zero-order chi connectivity index (χ0) is 12.3. The third-order valence-electron chi connectivity index (χ3n) is 3.18. The van der Waals surface area contributed by atoms with Gasteiger partial charge in [-0.15, -0.1) is 5.10 Å². The summed E-state index contributed by atoms with van der Waals surface area (Å²) in [4.78, 5) is 0. The Morgan fingerprint density at radius 3 is 2.82 bits per heavy atom. The summed E-state index contributed by atoms with van der Waals surface area (Å²) in [6.45, 7) is 3.78. The number of anilines is 1. The molecule has 1 aromatic rings. The molecule has 88 valence electrons. The minimum Gasteiger partial charge on any atom is -0.364 e. The second-order valence-corrected chi connectivity index (χ2v) is 4.37. The molecule has 0 fully saturated rings. The normalized spacial score (nSPS) is 18.8. The van der Waals surface area contributed by atoms with Crippen LogP contribution in [0.1, 0.15) is 36.1 Å². The Morgan fingerprint density at radius 1 is 1.35 bits per heavy atom. The van der Waals surface area contributed by atoms with Crippen LogP contribution in [0.4, 0.5) is 5.82 Å². The number of nitrogens with one attached hydrogen (secondary N) is 1. The maximum Gasteiger partial charge on any atom is 0.167 e. The molecule has 1 aliphatic rings. The topological polar surface area (TPSA) is 61.6 Å². The van der Waals surface area contributed by atoms with Gasteiger partial charge in [0.1, 0.15) is 11.6 Å². The highest BCUT2D eigenvalue weighted by molar-refractivity contribution is 5.56. The third kappa shape index (κ3) is 2.44. The van der Waals surface area contributed by atoms with Crippen LogP contribution in [0.3, 0.4) is 0 Å². The van der Waals surface area contributed by atoms with Crippen molar-refractivity contribution in [3.8, 4) is 6.07 Å². The molecule has 2 rings (SSSR count). The van der Waals surface area contributed by atoms with Gasteiger partial charge in [-0.3, -0.25) is 0 Å². The van der Waals surface area contributed by atoms with Gasteiger partial charge in [-0.1, -0.05) is 12.2 Å². The van der Waals surface area contributed by atoms with Crippen molar-refractivity contribution in [3.63, 3.8) is 0 Å². The van der Waals surface area contributed by atoms with E-state index in [2.05, 4.69) is 33.7 Å². The fourth-order valence-electron chi connectivity index (χ4n) is 1.96. The Labute approximate surface area is 101 Å². The standard InChI is InChI=1S/C13H16N4/c1-9-10(2)16-17-13(12(9)8-14)15-11-6-4-3-5-7-11/h3-4,11H,5-7H2,1-2H3,(H,15,17). The van der Waals surface area contributed by atoms with Gasteiger partial charge in [0.15, 0.2) is 5.82 Å². The van der Waals surface area contributed by atoms with Crippen molar-refractivity contribution in [3.05, 3.63) is 29.0 Å². The third-order valence-corrected chi connectivity index (χ3v) is 3.18. The minimum atomic E-state index is 0.364. The molecule has 1 atom stereocenters. The van der Waals surface area contributed by atoms with Crippen LogP contribution in [0.5, 0.6) is 0 Å². The minimum absolute atomic E-state index is 0.364. The van der Waals surface area contributed by atoms with E-state index in [0.29, 0.717) is 17.4 Å². The molecule has 1 aromatic heterocycles. The van der Waals surface area contributed by atoms with Gasteiger partial charge in [0.05, 0.1) is 5.69 Å². The summed E-state index contributed by atoms with van der Waals surface area (Å²) in [6, 6.07) is 2.58. The summed E-state index contributed by atoms with van der Waals surface area (Å²) in [5.41, 5.74) is 2.35. The lowest BCUT2D eigenvalue weighted by molar-refractivity contribution is 0.639. The zero-order valence-corrected chi connectivity index (χ0v) is 10.2. The summed E-state index contributed by atoms with van der Waals surface area (Å²) in [5, 5.41) is 20.7. The van der Waals surface area contributed by atoms with Crippen LogP contribution in [-0.4, -0.2) is 16.2 Å². The molecule has 1 heterocycles. The Balaban J connectivity index is 2.24. The number of aryl methyl sites for hydroxylation is 1. The van der Waals surface area contributed by atoms with Gasteiger partial charge in [-0.25, -0.2) is 0 Å². The predicted molar refractivity (Wildman–Crippen MR) is 66.6 cm³/mol. The molecular formula is C13H16N4. The predicted octanol–water partition coefficient (Wildman–Crippen LogP) is 2.49. The molecule has 0 saturated heterocycles. The van der Waals surface area contributed by atoms with Crippen molar-refractivity contribution >= 4 is 5.82 Å². The quantitative estimate of drug-likeness (QED) is 0.790. The van der Waals surface area contributed by atoms with E-state index < -0.39 is 0 Å². The van der Waals surface area contributed by atoms with Gasteiger partial charge in [0.25, 0.3) is 0 Å². The Morgan fingerprint density at radius 2 is 2.18 bits per heavy atom. The Kier molecular flexibility index (Phi) is 3.38. The van der Waals surface area contributed by atoms with E-state index in [4.69, 9.17) is 0 Å². The summed E-state index contributed by atoms with van der Waals surface area (Å²) in [7, 11) is 0. The van der Waals surface area contributed by atoms with Gasteiger partial charge in [0.2, 0.25) is 0 Å². The highest BCUT2D eigenvalue weighted by Crippen LogP contribution is 2.21. The molecule has 0 saturated carbocycles. The molecule has 1 unspecified atom stereocenters. The van der Waals surface area contributed by atoms with Crippen LogP contribution in [0.2, 0.25) is 0 Å². The molecule has 4 nitrogen and oxygen atoms in total. The number of hydrogen-bond acceptors (Lipinski definition) is 4. The lowest BCUT2D eigenvalue weighted by Crippen LogP contribution is -2.22. The van der Waals surface area contributed by atoms with Gasteiger partial charge in [0, 0.05) is 6.04 Å². The van der Waals surface area contributed by atoms with E-state index in [1.807, 2.05) is 13.8 Å². The van der Waals surface area contributed by atoms with E-state index >= 15 is 0 Å². The summed E-state index contributed by atoms with van der Waals surface area (Å²) in [6.07, 6.45) is 7.50. The van der Waals surface area contributed by atoms with E-state index in [1.54, 1.807) is 0 Å². The summed E-state index contributed by atoms with van der Waals surface area (Å²) in [5.74, 6) is 0.621. The van der Waals surface area contributed by atoms with Crippen molar-refractivity contribution in [1.82, 2.24) is 10.2 Å². The molecule has 0 radical (unpaired) electrons. The van der Waals surface area contributed by atoms with Crippen molar-refractivity contribution in [2.75, 3.05) is 5.32 Å². The van der Waals surface area contributed by atoms with E-state index in [-0.39, 0.29) is 0 Å². The average Bonchev–Trinajstić information content (AvgIpc) is 2.36. The Hall–Kier alpha value is -1.89. The number of rotatable bonds is 2. The first-order valence-corrected chi connectivity index (χ1v) is 5.88. The average molecular weight is 228 g/mol. The zero-order valence-electron chi connectivity index (χ0n) is 10.2.